The predicted molar refractivity (Wildman–Crippen MR) is 100.0 cm³/mol. The fraction of sp³-hybridized carbons (Fsp3) is 0.150. The lowest BCUT2D eigenvalue weighted by molar-refractivity contribution is 0.102. The van der Waals surface area contributed by atoms with Crippen molar-refractivity contribution in [2.24, 2.45) is 0 Å². The van der Waals surface area contributed by atoms with Crippen molar-refractivity contribution in [3.8, 4) is 11.5 Å². The Labute approximate surface area is 151 Å². The molecule has 0 fully saturated rings. The van der Waals surface area contributed by atoms with Gasteiger partial charge in [0.2, 0.25) is 0 Å². The van der Waals surface area contributed by atoms with E-state index in [1.165, 1.54) is 14.2 Å². The van der Waals surface area contributed by atoms with Crippen LogP contribution in [-0.2, 0) is 6.54 Å². The molecule has 26 heavy (non-hydrogen) atoms. The van der Waals surface area contributed by atoms with Gasteiger partial charge < -0.3 is 24.5 Å². The fourth-order valence-corrected chi connectivity index (χ4v) is 2.54. The number of hydrogen-bond acceptors (Lipinski definition) is 5. The number of benzene rings is 2. The summed E-state index contributed by atoms with van der Waals surface area (Å²) in [4.78, 5) is 12.6. The van der Waals surface area contributed by atoms with Gasteiger partial charge in [-0.3, -0.25) is 4.79 Å². The number of methoxy groups -OCH3 is 2. The van der Waals surface area contributed by atoms with Crippen molar-refractivity contribution in [3.05, 3.63) is 72.2 Å². The Kier molecular flexibility index (Phi) is 5.43. The third-order valence-electron chi connectivity index (χ3n) is 3.84. The minimum Gasteiger partial charge on any atom is -0.496 e. The standard InChI is InChI=1S/C20H20N2O4/c1-24-17-6-3-7-18(25-2)19(17)20(23)22-15-10-8-14(9-11-15)21-13-16-5-4-12-26-16/h3-12,21H,13H2,1-2H3,(H,22,23). The third kappa shape index (κ3) is 3.97. The van der Waals surface area contributed by atoms with Gasteiger partial charge in [-0.15, -0.1) is 0 Å². The third-order valence-corrected chi connectivity index (χ3v) is 3.84. The van der Waals surface area contributed by atoms with E-state index in [1.54, 1.807) is 24.5 Å². The monoisotopic (exact) mass is 352 g/mol. The molecule has 2 N–H and O–H groups in total. The molecule has 0 aliphatic heterocycles. The summed E-state index contributed by atoms with van der Waals surface area (Å²) in [6.07, 6.45) is 1.64. The molecule has 0 bridgehead atoms. The van der Waals surface area contributed by atoms with E-state index in [0.29, 0.717) is 29.3 Å². The summed E-state index contributed by atoms with van der Waals surface area (Å²) < 4.78 is 15.8. The Morgan fingerprint density at radius 2 is 1.58 bits per heavy atom. The molecule has 2 aromatic carbocycles. The van der Waals surface area contributed by atoms with Gasteiger partial charge in [-0.2, -0.15) is 0 Å². The van der Waals surface area contributed by atoms with Crippen molar-refractivity contribution in [2.45, 2.75) is 6.54 Å². The molecule has 1 heterocycles. The van der Waals surface area contributed by atoms with Crippen molar-refractivity contribution in [3.63, 3.8) is 0 Å². The molecule has 3 rings (SSSR count). The van der Waals surface area contributed by atoms with E-state index in [1.807, 2.05) is 36.4 Å². The zero-order chi connectivity index (χ0) is 18.4. The van der Waals surface area contributed by atoms with Crippen LogP contribution in [0.15, 0.2) is 65.3 Å². The molecule has 0 unspecified atom stereocenters. The molecule has 0 aliphatic carbocycles. The molecular formula is C20H20N2O4. The predicted octanol–water partition coefficient (Wildman–Crippen LogP) is 4.16. The van der Waals surface area contributed by atoms with Crippen molar-refractivity contribution in [1.82, 2.24) is 0 Å². The largest absolute Gasteiger partial charge is 0.496 e. The lowest BCUT2D eigenvalue weighted by Crippen LogP contribution is -2.14. The lowest BCUT2D eigenvalue weighted by atomic mass is 10.1. The number of rotatable bonds is 7. The maximum absolute atomic E-state index is 12.6. The van der Waals surface area contributed by atoms with Crippen molar-refractivity contribution < 1.29 is 18.7 Å². The number of anilines is 2. The SMILES string of the molecule is COc1cccc(OC)c1C(=O)Nc1ccc(NCc2ccco2)cc1. The minimum absolute atomic E-state index is 0.296. The number of amides is 1. The normalized spacial score (nSPS) is 10.2. The van der Waals surface area contributed by atoms with Crippen LogP contribution in [-0.4, -0.2) is 20.1 Å². The summed E-state index contributed by atoms with van der Waals surface area (Å²) in [5.74, 6) is 1.47. The summed E-state index contributed by atoms with van der Waals surface area (Å²) in [6, 6.07) is 16.4. The zero-order valence-electron chi connectivity index (χ0n) is 14.6. The smallest absolute Gasteiger partial charge is 0.263 e. The average molecular weight is 352 g/mol. The highest BCUT2D eigenvalue weighted by Gasteiger charge is 2.18. The number of carbonyl (C=O) groups is 1. The number of carbonyl (C=O) groups excluding carboxylic acids is 1. The molecule has 0 aliphatic rings. The van der Waals surface area contributed by atoms with E-state index in [-0.39, 0.29) is 5.91 Å². The molecule has 134 valence electrons. The molecule has 0 saturated heterocycles. The zero-order valence-corrected chi connectivity index (χ0v) is 14.6. The van der Waals surface area contributed by atoms with Gasteiger partial charge in [-0.25, -0.2) is 0 Å². The maximum atomic E-state index is 12.6. The number of hydrogen-bond donors (Lipinski definition) is 2. The number of nitrogens with one attached hydrogen (secondary N) is 2. The molecule has 0 saturated carbocycles. The Morgan fingerprint density at radius 1 is 0.923 bits per heavy atom. The second kappa shape index (κ2) is 8.11. The molecule has 1 aromatic heterocycles. The minimum atomic E-state index is -0.296. The van der Waals surface area contributed by atoms with E-state index in [0.717, 1.165) is 11.4 Å². The van der Waals surface area contributed by atoms with Crippen LogP contribution >= 0.6 is 0 Å². The molecule has 6 nitrogen and oxygen atoms in total. The van der Waals surface area contributed by atoms with E-state index in [9.17, 15) is 4.79 Å². The van der Waals surface area contributed by atoms with Gasteiger partial charge in [0, 0.05) is 11.4 Å². The summed E-state index contributed by atoms with van der Waals surface area (Å²) >= 11 is 0. The first-order valence-corrected chi connectivity index (χ1v) is 8.10. The first kappa shape index (κ1) is 17.4. The Hall–Kier alpha value is -3.41. The Morgan fingerprint density at radius 3 is 2.15 bits per heavy atom. The summed E-state index contributed by atoms with van der Waals surface area (Å²) in [7, 11) is 3.04. The first-order valence-electron chi connectivity index (χ1n) is 8.10. The summed E-state index contributed by atoms with van der Waals surface area (Å²) in [6.45, 7) is 0.594. The Bertz CT molecular complexity index is 836. The van der Waals surface area contributed by atoms with E-state index < -0.39 is 0 Å². The molecular weight excluding hydrogens is 332 g/mol. The second-order valence-electron chi connectivity index (χ2n) is 5.50. The van der Waals surface area contributed by atoms with Gasteiger partial charge in [-0.1, -0.05) is 6.07 Å². The summed E-state index contributed by atoms with van der Waals surface area (Å²) in [5.41, 5.74) is 1.96. The number of ether oxygens (including phenoxy) is 2. The topological polar surface area (TPSA) is 72.7 Å². The quantitative estimate of drug-likeness (QED) is 0.668. The van der Waals surface area contributed by atoms with E-state index in [2.05, 4.69) is 10.6 Å². The van der Waals surface area contributed by atoms with Gasteiger partial charge in [0.25, 0.3) is 5.91 Å². The molecule has 3 aromatic rings. The maximum Gasteiger partial charge on any atom is 0.263 e. The van der Waals surface area contributed by atoms with E-state index >= 15 is 0 Å². The lowest BCUT2D eigenvalue weighted by Gasteiger charge is -2.13. The highest BCUT2D eigenvalue weighted by Crippen LogP contribution is 2.29. The van der Waals surface area contributed by atoms with Crippen molar-refractivity contribution in [2.75, 3.05) is 24.9 Å². The van der Waals surface area contributed by atoms with Gasteiger partial charge in [0.05, 0.1) is 27.0 Å². The van der Waals surface area contributed by atoms with Gasteiger partial charge in [0.1, 0.15) is 22.8 Å². The van der Waals surface area contributed by atoms with Gasteiger partial charge in [0.15, 0.2) is 0 Å². The second-order valence-corrected chi connectivity index (χ2v) is 5.50. The first-order chi connectivity index (χ1) is 12.7. The van der Waals surface area contributed by atoms with Gasteiger partial charge in [-0.05, 0) is 48.5 Å². The molecule has 0 spiro atoms. The van der Waals surface area contributed by atoms with Crippen LogP contribution in [0.4, 0.5) is 11.4 Å². The van der Waals surface area contributed by atoms with Crippen molar-refractivity contribution in [1.29, 1.82) is 0 Å². The molecule has 0 atom stereocenters. The van der Waals surface area contributed by atoms with Crippen LogP contribution in [0.25, 0.3) is 0 Å². The van der Waals surface area contributed by atoms with Crippen LogP contribution in [0.2, 0.25) is 0 Å². The van der Waals surface area contributed by atoms with E-state index in [4.69, 9.17) is 13.9 Å². The fourth-order valence-electron chi connectivity index (χ4n) is 2.54. The number of furan rings is 1. The van der Waals surface area contributed by atoms with Gasteiger partial charge >= 0.3 is 0 Å². The Balaban J connectivity index is 1.68. The highest BCUT2D eigenvalue weighted by atomic mass is 16.5. The van der Waals surface area contributed by atoms with Crippen LogP contribution in [0.5, 0.6) is 11.5 Å². The average Bonchev–Trinajstić information content (AvgIpc) is 3.20. The molecule has 6 heteroatoms. The molecule has 0 radical (unpaired) electrons. The van der Waals surface area contributed by atoms with Crippen LogP contribution in [0.3, 0.4) is 0 Å². The highest BCUT2D eigenvalue weighted by molar-refractivity contribution is 6.08. The molecule has 1 amide bonds. The summed E-state index contributed by atoms with van der Waals surface area (Å²) in [5, 5.41) is 6.11. The van der Waals surface area contributed by atoms with Crippen LogP contribution in [0, 0.1) is 0 Å². The van der Waals surface area contributed by atoms with Crippen LogP contribution < -0.4 is 20.1 Å². The van der Waals surface area contributed by atoms with Crippen LogP contribution in [0.1, 0.15) is 16.1 Å². The van der Waals surface area contributed by atoms with Crippen molar-refractivity contribution >= 4 is 17.3 Å².